The topological polar surface area (TPSA) is 96.5 Å². The van der Waals surface area contributed by atoms with Crippen molar-refractivity contribution < 1.29 is 19.1 Å². The molecule has 1 aromatic carbocycles. The van der Waals surface area contributed by atoms with Gasteiger partial charge in [-0.05, 0) is 50.2 Å². The van der Waals surface area contributed by atoms with Gasteiger partial charge in [0.05, 0.1) is 7.11 Å². The second-order valence-corrected chi connectivity index (χ2v) is 5.03. The zero-order valence-corrected chi connectivity index (χ0v) is 12.3. The third-order valence-electron chi connectivity index (χ3n) is 3.50. The van der Waals surface area contributed by atoms with Crippen LogP contribution >= 0.6 is 0 Å². The van der Waals surface area contributed by atoms with Crippen LogP contribution in [0.1, 0.15) is 12.8 Å². The van der Waals surface area contributed by atoms with E-state index in [1.165, 1.54) is 7.11 Å². The summed E-state index contributed by atoms with van der Waals surface area (Å²) in [5.74, 6) is -1.79. The average Bonchev–Trinajstić information content (AvgIpc) is 2.56. The first-order chi connectivity index (χ1) is 10.6. The van der Waals surface area contributed by atoms with Crippen molar-refractivity contribution in [1.82, 2.24) is 10.6 Å². The summed E-state index contributed by atoms with van der Waals surface area (Å²) in [5, 5.41) is 7.71. The molecule has 1 saturated heterocycles. The molecule has 0 bridgehead atoms. The second-order valence-electron chi connectivity index (χ2n) is 5.03. The number of hydrogen-bond donors (Lipinski definition) is 3. The molecule has 0 radical (unpaired) electrons. The minimum Gasteiger partial charge on any atom is -0.497 e. The molecule has 1 aliphatic heterocycles. The van der Waals surface area contributed by atoms with E-state index in [-0.39, 0.29) is 5.92 Å². The molecule has 0 atom stereocenters. The molecule has 1 fully saturated rings. The van der Waals surface area contributed by atoms with Gasteiger partial charge in [0.25, 0.3) is 0 Å². The number of methoxy groups -OCH3 is 1. The molecule has 1 aliphatic rings. The van der Waals surface area contributed by atoms with Gasteiger partial charge in [0.15, 0.2) is 0 Å². The Hall–Kier alpha value is -2.41. The molecule has 0 unspecified atom stereocenters. The number of amides is 3. The van der Waals surface area contributed by atoms with E-state index in [2.05, 4.69) is 16.0 Å². The number of imide groups is 1. The normalized spacial score (nSPS) is 15.0. The molecule has 1 aromatic rings. The zero-order valence-electron chi connectivity index (χ0n) is 12.3. The summed E-state index contributed by atoms with van der Waals surface area (Å²) in [5.41, 5.74) is 0.454. The van der Waals surface area contributed by atoms with Crippen molar-refractivity contribution in [3.63, 3.8) is 0 Å². The van der Waals surface area contributed by atoms with Gasteiger partial charge in [-0.1, -0.05) is 0 Å². The highest BCUT2D eigenvalue weighted by molar-refractivity contribution is 6.41. The van der Waals surface area contributed by atoms with E-state index in [0.717, 1.165) is 13.1 Å². The molecule has 7 nitrogen and oxygen atoms in total. The Balaban J connectivity index is 1.85. The maximum absolute atomic E-state index is 11.9. The first-order valence-corrected chi connectivity index (χ1v) is 7.11. The van der Waals surface area contributed by atoms with Gasteiger partial charge in [0.1, 0.15) is 5.75 Å². The summed E-state index contributed by atoms with van der Waals surface area (Å²) in [6.45, 7) is 1.48. The molecule has 118 valence electrons. The number of nitrogens with one attached hydrogen (secondary N) is 3. The van der Waals surface area contributed by atoms with Gasteiger partial charge in [-0.3, -0.25) is 19.7 Å². The van der Waals surface area contributed by atoms with Crippen LogP contribution in [0.3, 0.4) is 0 Å². The third-order valence-corrected chi connectivity index (χ3v) is 3.50. The van der Waals surface area contributed by atoms with Crippen molar-refractivity contribution in [2.45, 2.75) is 12.8 Å². The maximum Gasteiger partial charge on any atom is 0.316 e. The molecule has 0 aliphatic carbocycles. The van der Waals surface area contributed by atoms with Crippen LogP contribution in [0, 0.1) is 5.92 Å². The maximum atomic E-state index is 11.9. The summed E-state index contributed by atoms with van der Waals surface area (Å²) in [6.07, 6.45) is 1.33. The molecular formula is C15H19N3O4. The minimum absolute atomic E-state index is 0.223. The van der Waals surface area contributed by atoms with Gasteiger partial charge in [-0.15, -0.1) is 0 Å². The van der Waals surface area contributed by atoms with Crippen molar-refractivity contribution in [3.05, 3.63) is 24.3 Å². The summed E-state index contributed by atoms with van der Waals surface area (Å²) in [6, 6.07) is 6.54. The lowest BCUT2D eigenvalue weighted by molar-refractivity contribution is -0.141. The molecule has 22 heavy (non-hydrogen) atoms. The standard InChI is InChI=1S/C15H19N3O4/c1-22-12-4-2-11(3-5-12)17-14(20)15(21)18-13(19)10-6-8-16-9-7-10/h2-5,10,16H,6-9H2,1H3,(H,17,20)(H,18,19,21). The smallest absolute Gasteiger partial charge is 0.316 e. The van der Waals surface area contributed by atoms with Crippen LogP contribution in [-0.2, 0) is 14.4 Å². The molecule has 0 saturated carbocycles. The fourth-order valence-electron chi connectivity index (χ4n) is 2.22. The Labute approximate surface area is 128 Å². The van der Waals surface area contributed by atoms with Gasteiger partial charge in [0.2, 0.25) is 5.91 Å². The van der Waals surface area contributed by atoms with Crippen molar-refractivity contribution in [3.8, 4) is 5.75 Å². The first kappa shape index (κ1) is 16.0. The molecule has 3 amide bonds. The van der Waals surface area contributed by atoms with Gasteiger partial charge in [0, 0.05) is 11.6 Å². The number of rotatable bonds is 3. The van der Waals surface area contributed by atoms with E-state index in [4.69, 9.17) is 4.74 Å². The molecule has 1 heterocycles. The van der Waals surface area contributed by atoms with Gasteiger partial charge in [-0.2, -0.15) is 0 Å². The second kappa shape index (κ2) is 7.56. The van der Waals surface area contributed by atoms with Crippen LogP contribution in [0.5, 0.6) is 5.75 Å². The first-order valence-electron chi connectivity index (χ1n) is 7.11. The fraction of sp³-hybridized carbons (Fsp3) is 0.400. The van der Waals surface area contributed by atoms with Crippen LogP contribution in [0.2, 0.25) is 0 Å². The predicted octanol–water partition coefficient (Wildman–Crippen LogP) is 0.276. The predicted molar refractivity (Wildman–Crippen MR) is 80.4 cm³/mol. The number of benzene rings is 1. The molecule has 2 rings (SSSR count). The van der Waals surface area contributed by atoms with Crippen molar-refractivity contribution in [2.24, 2.45) is 5.92 Å². The number of anilines is 1. The lowest BCUT2D eigenvalue weighted by Crippen LogP contribution is -2.44. The quantitative estimate of drug-likeness (QED) is 0.697. The molecule has 0 aromatic heterocycles. The van der Waals surface area contributed by atoms with Crippen molar-refractivity contribution in [2.75, 3.05) is 25.5 Å². The van der Waals surface area contributed by atoms with E-state index >= 15 is 0 Å². The average molecular weight is 305 g/mol. The monoisotopic (exact) mass is 305 g/mol. The van der Waals surface area contributed by atoms with Crippen LogP contribution in [0.4, 0.5) is 5.69 Å². The number of hydrogen-bond acceptors (Lipinski definition) is 5. The van der Waals surface area contributed by atoms with E-state index in [9.17, 15) is 14.4 Å². The lowest BCUT2D eigenvalue weighted by atomic mass is 9.97. The number of carbonyl (C=O) groups is 3. The van der Waals surface area contributed by atoms with E-state index in [1.54, 1.807) is 24.3 Å². The summed E-state index contributed by atoms with van der Waals surface area (Å²) >= 11 is 0. The van der Waals surface area contributed by atoms with Crippen molar-refractivity contribution in [1.29, 1.82) is 0 Å². The van der Waals surface area contributed by atoms with Crippen molar-refractivity contribution >= 4 is 23.4 Å². The Morgan fingerprint density at radius 3 is 2.32 bits per heavy atom. The fourth-order valence-corrected chi connectivity index (χ4v) is 2.22. The summed E-state index contributed by atoms with van der Waals surface area (Å²) in [4.78, 5) is 35.4. The molecule has 3 N–H and O–H groups in total. The van der Waals surface area contributed by atoms with Crippen LogP contribution in [0.25, 0.3) is 0 Å². The third kappa shape index (κ3) is 4.29. The molecule has 0 spiro atoms. The van der Waals surface area contributed by atoms with Gasteiger partial charge in [-0.25, -0.2) is 0 Å². The number of piperidine rings is 1. The SMILES string of the molecule is COc1ccc(NC(=O)C(=O)NC(=O)C2CCNCC2)cc1. The minimum atomic E-state index is -0.945. The van der Waals surface area contributed by atoms with E-state index < -0.39 is 17.7 Å². The number of ether oxygens (including phenoxy) is 1. The van der Waals surface area contributed by atoms with E-state index in [0.29, 0.717) is 24.3 Å². The highest BCUT2D eigenvalue weighted by atomic mass is 16.5. The number of carbonyl (C=O) groups excluding carboxylic acids is 3. The van der Waals surface area contributed by atoms with Crippen LogP contribution in [-0.4, -0.2) is 37.9 Å². The highest BCUT2D eigenvalue weighted by Gasteiger charge is 2.25. The molecule has 7 heteroatoms. The zero-order chi connectivity index (χ0) is 15.9. The summed E-state index contributed by atoms with van der Waals surface area (Å²) < 4.78 is 5.00. The Bertz CT molecular complexity index is 550. The largest absolute Gasteiger partial charge is 0.497 e. The Kier molecular flexibility index (Phi) is 5.48. The Morgan fingerprint density at radius 1 is 1.09 bits per heavy atom. The highest BCUT2D eigenvalue weighted by Crippen LogP contribution is 2.15. The summed E-state index contributed by atoms with van der Waals surface area (Å²) in [7, 11) is 1.54. The van der Waals surface area contributed by atoms with E-state index in [1.807, 2.05) is 0 Å². The van der Waals surface area contributed by atoms with Crippen LogP contribution < -0.4 is 20.7 Å². The molecular weight excluding hydrogens is 286 g/mol. The lowest BCUT2D eigenvalue weighted by Gasteiger charge is -2.21. The van der Waals surface area contributed by atoms with Gasteiger partial charge >= 0.3 is 11.8 Å². The van der Waals surface area contributed by atoms with Crippen LogP contribution in [0.15, 0.2) is 24.3 Å². The Morgan fingerprint density at radius 2 is 1.73 bits per heavy atom. The van der Waals surface area contributed by atoms with Gasteiger partial charge < -0.3 is 15.4 Å².